The highest BCUT2D eigenvalue weighted by molar-refractivity contribution is 7.99. The monoisotopic (exact) mass is 430 g/mol. The van der Waals surface area contributed by atoms with Crippen molar-refractivity contribution in [3.8, 4) is 0 Å². The maximum atomic E-state index is 14.0. The summed E-state index contributed by atoms with van der Waals surface area (Å²) in [7, 11) is 1.63. The SMILES string of the molecule is CN(Cc1c(F)cccc1Cl)C(=O)CSc1nc(NC2CC2)c2ccccc2n1. The number of hydrogen-bond donors (Lipinski definition) is 1. The predicted molar refractivity (Wildman–Crippen MR) is 115 cm³/mol. The van der Waals surface area contributed by atoms with Crippen LogP contribution in [0.15, 0.2) is 47.6 Å². The molecule has 1 aromatic heterocycles. The van der Waals surface area contributed by atoms with Gasteiger partial charge < -0.3 is 10.2 Å². The molecule has 0 saturated heterocycles. The maximum Gasteiger partial charge on any atom is 0.233 e. The Kier molecular flexibility index (Phi) is 5.87. The standard InChI is InChI=1S/C21H20ClFN4OS/c1-27(11-15-16(22)6-4-7-17(15)23)19(28)12-29-21-25-18-8-3-2-5-14(18)20(26-21)24-13-9-10-13/h2-8,13H,9-12H2,1H3,(H,24,25,26). The van der Waals surface area contributed by atoms with Gasteiger partial charge >= 0.3 is 0 Å². The largest absolute Gasteiger partial charge is 0.367 e. The number of anilines is 1. The van der Waals surface area contributed by atoms with Crippen molar-refractivity contribution >= 4 is 46.0 Å². The number of halogens is 2. The van der Waals surface area contributed by atoms with E-state index in [9.17, 15) is 9.18 Å². The lowest BCUT2D eigenvalue weighted by molar-refractivity contribution is -0.127. The summed E-state index contributed by atoms with van der Waals surface area (Å²) >= 11 is 7.33. The Bertz CT molecular complexity index is 1040. The Morgan fingerprint density at radius 2 is 2.03 bits per heavy atom. The minimum atomic E-state index is -0.418. The van der Waals surface area contributed by atoms with Gasteiger partial charge in [-0.05, 0) is 37.1 Å². The zero-order valence-corrected chi connectivity index (χ0v) is 17.4. The van der Waals surface area contributed by atoms with Crippen LogP contribution in [0.25, 0.3) is 10.9 Å². The van der Waals surface area contributed by atoms with Gasteiger partial charge in [-0.3, -0.25) is 4.79 Å². The van der Waals surface area contributed by atoms with E-state index in [1.165, 1.54) is 22.7 Å². The first-order chi connectivity index (χ1) is 14.0. The molecule has 0 aliphatic heterocycles. The van der Waals surface area contributed by atoms with Crippen molar-refractivity contribution < 1.29 is 9.18 Å². The zero-order chi connectivity index (χ0) is 20.4. The van der Waals surface area contributed by atoms with Crippen LogP contribution in [0.2, 0.25) is 5.02 Å². The number of fused-ring (bicyclic) bond motifs is 1. The number of rotatable bonds is 7. The second-order valence-electron chi connectivity index (χ2n) is 7.03. The van der Waals surface area contributed by atoms with E-state index >= 15 is 0 Å². The molecule has 1 fully saturated rings. The number of thioether (sulfide) groups is 1. The smallest absolute Gasteiger partial charge is 0.233 e. The number of nitrogens with one attached hydrogen (secondary N) is 1. The van der Waals surface area contributed by atoms with Gasteiger partial charge in [-0.15, -0.1) is 0 Å². The van der Waals surface area contributed by atoms with Crippen LogP contribution in [0.1, 0.15) is 18.4 Å². The fourth-order valence-corrected chi connectivity index (χ4v) is 3.91. The molecule has 0 atom stereocenters. The van der Waals surface area contributed by atoms with Gasteiger partial charge in [0.15, 0.2) is 5.16 Å². The lowest BCUT2D eigenvalue weighted by atomic mass is 10.2. The molecule has 1 N–H and O–H groups in total. The zero-order valence-electron chi connectivity index (χ0n) is 15.9. The van der Waals surface area contributed by atoms with E-state index in [-0.39, 0.29) is 18.2 Å². The van der Waals surface area contributed by atoms with Gasteiger partial charge in [0.25, 0.3) is 0 Å². The minimum Gasteiger partial charge on any atom is -0.367 e. The van der Waals surface area contributed by atoms with Crippen LogP contribution >= 0.6 is 23.4 Å². The van der Waals surface area contributed by atoms with Crippen molar-refractivity contribution in [2.45, 2.75) is 30.6 Å². The second kappa shape index (κ2) is 8.55. The summed E-state index contributed by atoms with van der Waals surface area (Å²) < 4.78 is 14.0. The van der Waals surface area contributed by atoms with Gasteiger partial charge in [0.2, 0.25) is 5.91 Å². The first-order valence-corrected chi connectivity index (χ1v) is 10.7. The average Bonchev–Trinajstić information content (AvgIpc) is 3.53. The Hall–Kier alpha value is -2.38. The third kappa shape index (κ3) is 4.79. The lowest BCUT2D eigenvalue weighted by Gasteiger charge is -2.18. The first-order valence-electron chi connectivity index (χ1n) is 9.34. The highest BCUT2D eigenvalue weighted by atomic mass is 35.5. The number of benzene rings is 2. The summed E-state index contributed by atoms with van der Waals surface area (Å²) in [6.07, 6.45) is 2.28. The number of para-hydroxylation sites is 1. The summed E-state index contributed by atoms with van der Waals surface area (Å²) in [6.45, 7) is 0.109. The van der Waals surface area contributed by atoms with Crippen LogP contribution in [0.5, 0.6) is 0 Å². The van der Waals surface area contributed by atoms with Gasteiger partial charge in [0.05, 0.1) is 11.3 Å². The fourth-order valence-electron chi connectivity index (χ4n) is 2.90. The summed E-state index contributed by atoms with van der Waals surface area (Å²) in [5, 5.41) is 5.26. The Labute approximate surface area is 177 Å². The number of hydrogen-bond acceptors (Lipinski definition) is 5. The van der Waals surface area contributed by atoms with E-state index in [4.69, 9.17) is 11.6 Å². The van der Waals surface area contributed by atoms with Crippen molar-refractivity contribution in [1.82, 2.24) is 14.9 Å². The van der Waals surface area contributed by atoms with Gasteiger partial charge in [-0.1, -0.05) is 41.6 Å². The van der Waals surface area contributed by atoms with E-state index < -0.39 is 5.82 Å². The number of aromatic nitrogens is 2. The van der Waals surface area contributed by atoms with Crippen LogP contribution in [0.4, 0.5) is 10.2 Å². The van der Waals surface area contributed by atoms with E-state index in [1.54, 1.807) is 19.2 Å². The molecule has 4 rings (SSSR count). The summed E-state index contributed by atoms with van der Waals surface area (Å²) in [5.74, 6) is 0.393. The van der Waals surface area contributed by atoms with Gasteiger partial charge in [-0.2, -0.15) is 0 Å². The van der Waals surface area contributed by atoms with Crippen molar-refractivity contribution in [2.75, 3.05) is 18.1 Å². The summed E-state index contributed by atoms with van der Waals surface area (Å²) in [6, 6.07) is 12.8. The molecule has 0 unspecified atom stereocenters. The van der Waals surface area contributed by atoms with Crippen LogP contribution in [0.3, 0.4) is 0 Å². The molecule has 0 spiro atoms. The molecule has 1 heterocycles. The van der Waals surface area contributed by atoms with Gasteiger partial charge in [-0.25, -0.2) is 14.4 Å². The molecule has 8 heteroatoms. The molecular weight excluding hydrogens is 411 g/mol. The minimum absolute atomic E-state index is 0.109. The molecule has 1 amide bonds. The Morgan fingerprint density at radius 1 is 1.24 bits per heavy atom. The molecule has 1 saturated carbocycles. The van der Waals surface area contributed by atoms with E-state index in [2.05, 4.69) is 15.3 Å². The average molecular weight is 431 g/mol. The molecule has 1 aliphatic carbocycles. The second-order valence-corrected chi connectivity index (χ2v) is 8.38. The highest BCUT2D eigenvalue weighted by Gasteiger charge is 2.23. The third-order valence-corrected chi connectivity index (χ3v) is 5.89. The number of nitrogens with zero attached hydrogens (tertiary/aromatic N) is 3. The van der Waals surface area contributed by atoms with Crippen molar-refractivity contribution in [3.63, 3.8) is 0 Å². The molecule has 1 aliphatic rings. The predicted octanol–water partition coefficient (Wildman–Crippen LogP) is 4.75. The number of carbonyl (C=O) groups excluding carboxylic acids is 1. The number of carbonyl (C=O) groups is 1. The molecule has 0 radical (unpaired) electrons. The molecule has 3 aromatic rings. The van der Waals surface area contributed by atoms with E-state index in [1.807, 2.05) is 24.3 Å². The molecule has 0 bridgehead atoms. The van der Waals surface area contributed by atoms with Gasteiger partial charge in [0, 0.05) is 35.6 Å². The topological polar surface area (TPSA) is 58.1 Å². The summed E-state index contributed by atoms with van der Waals surface area (Å²) in [5.41, 5.74) is 1.15. The molecule has 29 heavy (non-hydrogen) atoms. The highest BCUT2D eigenvalue weighted by Crippen LogP contribution is 2.30. The molecular formula is C21H20ClFN4OS. The van der Waals surface area contributed by atoms with Crippen molar-refractivity contribution in [2.24, 2.45) is 0 Å². The Balaban J connectivity index is 1.45. The normalized spacial score (nSPS) is 13.5. The van der Waals surface area contributed by atoms with Crippen LogP contribution in [-0.4, -0.2) is 39.6 Å². The lowest BCUT2D eigenvalue weighted by Crippen LogP contribution is -2.28. The molecule has 2 aromatic carbocycles. The van der Waals surface area contributed by atoms with Crippen LogP contribution in [-0.2, 0) is 11.3 Å². The van der Waals surface area contributed by atoms with E-state index in [0.717, 1.165) is 29.6 Å². The number of amides is 1. The van der Waals surface area contributed by atoms with Crippen molar-refractivity contribution in [1.29, 1.82) is 0 Å². The Morgan fingerprint density at radius 3 is 2.79 bits per heavy atom. The summed E-state index contributed by atoms with van der Waals surface area (Å²) in [4.78, 5) is 23.2. The van der Waals surface area contributed by atoms with Crippen molar-refractivity contribution in [3.05, 3.63) is 58.9 Å². The van der Waals surface area contributed by atoms with Crippen LogP contribution < -0.4 is 5.32 Å². The van der Waals surface area contributed by atoms with E-state index in [0.29, 0.717) is 21.8 Å². The van der Waals surface area contributed by atoms with Gasteiger partial charge in [0.1, 0.15) is 11.6 Å². The first kappa shape index (κ1) is 19.9. The van der Waals surface area contributed by atoms with Crippen LogP contribution in [0, 0.1) is 5.82 Å². The quantitative estimate of drug-likeness (QED) is 0.433. The fraction of sp³-hybridized carbons (Fsp3) is 0.286. The molecule has 5 nitrogen and oxygen atoms in total. The molecule has 150 valence electrons. The third-order valence-electron chi connectivity index (χ3n) is 4.71. The maximum absolute atomic E-state index is 14.0.